The first-order valence-electron chi connectivity index (χ1n) is 8.51. The molecule has 2 aromatic carbocycles. The highest BCUT2D eigenvalue weighted by Crippen LogP contribution is 2.16. The fourth-order valence-electron chi connectivity index (χ4n) is 2.74. The molecule has 0 spiro atoms. The number of nitrogens with one attached hydrogen (secondary N) is 3. The molecule has 4 N–H and O–H groups in total. The Morgan fingerprint density at radius 2 is 1.93 bits per heavy atom. The maximum atomic E-state index is 12.4. The number of H-pyrrole nitrogens is 1. The van der Waals surface area contributed by atoms with Crippen LogP contribution in [0.5, 0.6) is 0 Å². The van der Waals surface area contributed by atoms with E-state index in [0.717, 1.165) is 10.9 Å². The molecule has 0 fully saturated rings. The molecular weight excluding hydrogens is 360 g/mol. The molecular formula is C19H16N6O3. The van der Waals surface area contributed by atoms with Crippen LogP contribution < -0.4 is 10.6 Å². The molecule has 0 radical (unpaired) electrons. The third kappa shape index (κ3) is 3.51. The Labute approximate surface area is 158 Å². The smallest absolute Gasteiger partial charge is 0.272 e. The largest absolute Gasteiger partial charge is 0.394 e. The summed E-state index contributed by atoms with van der Waals surface area (Å²) < 4.78 is 0. The van der Waals surface area contributed by atoms with Crippen LogP contribution in [-0.2, 0) is 4.79 Å². The van der Waals surface area contributed by atoms with Gasteiger partial charge in [-0.25, -0.2) is 4.98 Å². The third-order valence-corrected chi connectivity index (χ3v) is 4.20. The first-order valence-corrected chi connectivity index (χ1v) is 8.51. The summed E-state index contributed by atoms with van der Waals surface area (Å²) in [5.74, 6) is -1.15. The Balaban J connectivity index is 1.47. The Bertz CT molecular complexity index is 1170. The summed E-state index contributed by atoms with van der Waals surface area (Å²) in [4.78, 5) is 33.3. The molecule has 0 saturated heterocycles. The second kappa shape index (κ2) is 7.41. The molecule has 0 saturated carbocycles. The minimum absolute atomic E-state index is 0.0591. The number of fused-ring (bicyclic) bond motifs is 2. The zero-order valence-electron chi connectivity index (χ0n) is 14.6. The summed E-state index contributed by atoms with van der Waals surface area (Å²) in [5.41, 5.74) is 2.55. The summed E-state index contributed by atoms with van der Waals surface area (Å²) in [6.45, 7) is -0.565. The fraction of sp³-hybridized carbons (Fsp3) is 0.105. The van der Waals surface area contributed by atoms with E-state index < -0.39 is 24.5 Å². The third-order valence-electron chi connectivity index (χ3n) is 4.20. The van der Waals surface area contributed by atoms with Gasteiger partial charge in [-0.2, -0.15) is 5.10 Å². The molecule has 4 aromatic rings. The Morgan fingerprint density at radius 3 is 2.75 bits per heavy atom. The van der Waals surface area contributed by atoms with Crippen LogP contribution in [0.3, 0.4) is 0 Å². The first-order chi connectivity index (χ1) is 13.6. The zero-order chi connectivity index (χ0) is 19.5. The van der Waals surface area contributed by atoms with Crippen molar-refractivity contribution >= 4 is 39.4 Å². The predicted octanol–water partition coefficient (Wildman–Crippen LogP) is 1.24. The lowest BCUT2D eigenvalue weighted by Gasteiger charge is -2.16. The number of para-hydroxylation sites is 2. The van der Waals surface area contributed by atoms with Crippen LogP contribution in [-0.4, -0.2) is 49.7 Å². The van der Waals surface area contributed by atoms with E-state index in [-0.39, 0.29) is 5.69 Å². The molecule has 9 heteroatoms. The molecule has 1 atom stereocenters. The van der Waals surface area contributed by atoms with Crippen LogP contribution in [0.1, 0.15) is 10.5 Å². The van der Waals surface area contributed by atoms with Crippen molar-refractivity contribution in [2.24, 2.45) is 0 Å². The number of aliphatic hydroxyl groups is 1. The Morgan fingerprint density at radius 1 is 1.11 bits per heavy atom. The van der Waals surface area contributed by atoms with Crippen molar-refractivity contribution in [1.29, 1.82) is 0 Å². The van der Waals surface area contributed by atoms with Gasteiger partial charge in [-0.3, -0.25) is 19.7 Å². The van der Waals surface area contributed by atoms with Gasteiger partial charge in [0.05, 0.1) is 35.6 Å². The number of hydrogen-bond acceptors (Lipinski definition) is 6. The number of aromatic amines is 1. The van der Waals surface area contributed by atoms with Gasteiger partial charge in [0.2, 0.25) is 5.91 Å². The maximum absolute atomic E-state index is 12.4. The van der Waals surface area contributed by atoms with E-state index in [2.05, 4.69) is 30.8 Å². The van der Waals surface area contributed by atoms with Gasteiger partial charge in [-0.05, 0) is 30.3 Å². The number of amides is 2. The lowest BCUT2D eigenvalue weighted by Crippen LogP contribution is -2.46. The molecule has 0 bridgehead atoms. The van der Waals surface area contributed by atoms with E-state index in [1.165, 1.54) is 6.20 Å². The zero-order valence-corrected chi connectivity index (χ0v) is 14.6. The van der Waals surface area contributed by atoms with Crippen LogP contribution in [0.2, 0.25) is 0 Å². The molecule has 2 aromatic heterocycles. The van der Waals surface area contributed by atoms with E-state index in [9.17, 15) is 14.7 Å². The number of hydrogen-bond donors (Lipinski definition) is 4. The predicted molar refractivity (Wildman–Crippen MR) is 103 cm³/mol. The highest BCUT2D eigenvalue weighted by atomic mass is 16.3. The lowest BCUT2D eigenvalue weighted by molar-refractivity contribution is -0.118. The minimum Gasteiger partial charge on any atom is -0.394 e. The van der Waals surface area contributed by atoms with Crippen molar-refractivity contribution in [3.63, 3.8) is 0 Å². The highest BCUT2D eigenvalue weighted by Gasteiger charge is 2.22. The van der Waals surface area contributed by atoms with Gasteiger partial charge in [-0.15, -0.1) is 0 Å². The molecule has 140 valence electrons. The van der Waals surface area contributed by atoms with Gasteiger partial charge in [0.15, 0.2) is 0 Å². The van der Waals surface area contributed by atoms with Gasteiger partial charge in [0.25, 0.3) is 5.91 Å². The number of benzene rings is 2. The maximum Gasteiger partial charge on any atom is 0.272 e. The van der Waals surface area contributed by atoms with Gasteiger partial charge < -0.3 is 15.7 Å². The summed E-state index contributed by atoms with van der Waals surface area (Å²) in [7, 11) is 0. The lowest BCUT2D eigenvalue weighted by atomic mass is 10.2. The second-order valence-electron chi connectivity index (χ2n) is 6.11. The Kier molecular flexibility index (Phi) is 4.65. The molecule has 4 rings (SSSR count). The number of anilines is 1. The number of nitrogens with zero attached hydrogens (tertiary/aromatic N) is 3. The van der Waals surface area contributed by atoms with Crippen LogP contribution in [0, 0.1) is 0 Å². The molecule has 9 nitrogen and oxygen atoms in total. The van der Waals surface area contributed by atoms with Crippen LogP contribution in [0.25, 0.3) is 21.9 Å². The molecule has 2 heterocycles. The highest BCUT2D eigenvalue weighted by molar-refractivity contribution is 6.01. The molecule has 0 aliphatic rings. The van der Waals surface area contributed by atoms with Gasteiger partial charge in [-0.1, -0.05) is 12.1 Å². The van der Waals surface area contributed by atoms with Gasteiger partial charge in [0, 0.05) is 11.1 Å². The van der Waals surface area contributed by atoms with Crippen molar-refractivity contribution in [2.75, 3.05) is 11.9 Å². The van der Waals surface area contributed by atoms with E-state index in [1.54, 1.807) is 42.6 Å². The first kappa shape index (κ1) is 17.6. The normalized spacial score (nSPS) is 12.0. The van der Waals surface area contributed by atoms with E-state index in [0.29, 0.717) is 16.7 Å². The number of rotatable bonds is 5. The van der Waals surface area contributed by atoms with Crippen molar-refractivity contribution in [1.82, 2.24) is 25.5 Å². The molecule has 0 aliphatic heterocycles. The molecule has 0 unspecified atom stereocenters. The van der Waals surface area contributed by atoms with Crippen LogP contribution >= 0.6 is 0 Å². The van der Waals surface area contributed by atoms with Gasteiger partial charge >= 0.3 is 0 Å². The van der Waals surface area contributed by atoms with Crippen LogP contribution in [0.15, 0.2) is 54.9 Å². The summed E-state index contributed by atoms with van der Waals surface area (Å²) >= 11 is 0. The number of carbonyl (C=O) groups is 2. The van der Waals surface area contributed by atoms with Crippen molar-refractivity contribution in [2.45, 2.75) is 6.04 Å². The van der Waals surface area contributed by atoms with E-state index >= 15 is 0 Å². The van der Waals surface area contributed by atoms with Crippen molar-refractivity contribution in [3.05, 3.63) is 60.6 Å². The topological polar surface area (TPSA) is 133 Å². The average Bonchev–Trinajstić information content (AvgIpc) is 3.19. The van der Waals surface area contributed by atoms with Crippen LogP contribution in [0.4, 0.5) is 5.69 Å². The standard InChI is InChI=1S/C19H16N6O3/c26-10-17(19(28)22-12-6-5-11-8-21-25-15(11)7-12)24-18(27)16-9-20-13-3-1-2-4-14(13)23-16/h1-9,17,26H,10H2,(H,21,25)(H,22,28)(H,24,27)/t17-/m0/s1. The minimum atomic E-state index is -1.14. The monoisotopic (exact) mass is 376 g/mol. The second-order valence-corrected chi connectivity index (χ2v) is 6.11. The number of aliphatic hydroxyl groups excluding tert-OH is 1. The fourth-order valence-corrected chi connectivity index (χ4v) is 2.74. The van der Waals surface area contributed by atoms with Crippen molar-refractivity contribution < 1.29 is 14.7 Å². The summed E-state index contributed by atoms with van der Waals surface area (Å²) in [6, 6.07) is 11.2. The van der Waals surface area contributed by atoms with Crippen molar-refractivity contribution in [3.8, 4) is 0 Å². The molecule has 0 aliphatic carbocycles. The van der Waals surface area contributed by atoms with E-state index in [4.69, 9.17) is 0 Å². The van der Waals surface area contributed by atoms with E-state index in [1.807, 2.05) is 6.07 Å². The SMILES string of the molecule is O=C(N[C@@H](CO)C(=O)Nc1ccc2cn[nH]c2c1)c1cnc2ccccc2n1. The molecule has 28 heavy (non-hydrogen) atoms. The molecule has 2 amide bonds. The summed E-state index contributed by atoms with van der Waals surface area (Å²) in [6.07, 6.45) is 3.00. The van der Waals surface area contributed by atoms with Gasteiger partial charge in [0.1, 0.15) is 11.7 Å². The quantitative estimate of drug-likeness (QED) is 0.414. The average molecular weight is 376 g/mol. The Hall–Kier alpha value is -3.85. The number of carbonyl (C=O) groups excluding carboxylic acids is 2. The number of aromatic nitrogens is 4. The summed E-state index contributed by atoms with van der Waals surface area (Å²) in [5, 5.41) is 22.3.